The van der Waals surface area contributed by atoms with Gasteiger partial charge in [-0.2, -0.15) is 11.3 Å². The van der Waals surface area contributed by atoms with Crippen LogP contribution in [0.3, 0.4) is 0 Å². The summed E-state index contributed by atoms with van der Waals surface area (Å²) in [5, 5.41) is 12.2. The molecule has 3 amide bonds. The standard InChI is InChI=1S/C15H19N3O3S/c1-11-3-7-21-13(11)14(19)16-5-2-6-17-15(20)18-9-12-4-8-22-10-12/h3-4,7-8,10H,2,5-6,9H2,1H3,(H,16,19)(H2,17,18,20). The summed E-state index contributed by atoms with van der Waals surface area (Å²) in [6, 6.07) is 3.50. The molecule has 0 saturated carbocycles. The average molecular weight is 321 g/mol. The minimum Gasteiger partial charge on any atom is -0.459 e. The number of carbonyl (C=O) groups excluding carboxylic acids is 2. The Kier molecular flexibility index (Phi) is 6.02. The Morgan fingerprint density at radius 3 is 2.68 bits per heavy atom. The second-order valence-electron chi connectivity index (χ2n) is 4.78. The predicted octanol–water partition coefficient (Wildman–Crippen LogP) is 2.27. The van der Waals surface area contributed by atoms with Gasteiger partial charge in [0, 0.05) is 25.2 Å². The maximum atomic E-state index is 11.8. The molecule has 3 N–H and O–H groups in total. The van der Waals surface area contributed by atoms with Crippen LogP contribution in [-0.2, 0) is 6.54 Å². The summed E-state index contributed by atoms with van der Waals surface area (Å²) in [6.45, 7) is 3.30. The van der Waals surface area contributed by atoms with Crippen LogP contribution in [0.4, 0.5) is 4.79 Å². The quantitative estimate of drug-likeness (QED) is 0.684. The molecule has 0 spiro atoms. The Bertz CT molecular complexity index is 607. The van der Waals surface area contributed by atoms with Crippen molar-refractivity contribution in [3.05, 3.63) is 46.0 Å². The number of hydrogen-bond acceptors (Lipinski definition) is 4. The molecule has 0 aliphatic heterocycles. The van der Waals surface area contributed by atoms with Crippen molar-refractivity contribution in [2.24, 2.45) is 0 Å². The summed E-state index contributed by atoms with van der Waals surface area (Å²) in [6.07, 6.45) is 2.14. The fourth-order valence-electron chi connectivity index (χ4n) is 1.82. The molecule has 0 saturated heterocycles. The van der Waals surface area contributed by atoms with Crippen LogP contribution in [-0.4, -0.2) is 25.0 Å². The monoisotopic (exact) mass is 321 g/mol. The van der Waals surface area contributed by atoms with Gasteiger partial charge in [0.25, 0.3) is 5.91 Å². The number of rotatable bonds is 7. The van der Waals surface area contributed by atoms with Gasteiger partial charge in [-0.05, 0) is 41.8 Å². The second-order valence-corrected chi connectivity index (χ2v) is 5.56. The first-order chi connectivity index (χ1) is 10.7. The maximum Gasteiger partial charge on any atom is 0.315 e. The van der Waals surface area contributed by atoms with Gasteiger partial charge in [0.2, 0.25) is 0 Å². The fourth-order valence-corrected chi connectivity index (χ4v) is 2.48. The van der Waals surface area contributed by atoms with Gasteiger partial charge >= 0.3 is 6.03 Å². The highest BCUT2D eigenvalue weighted by atomic mass is 32.1. The van der Waals surface area contributed by atoms with Crippen molar-refractivity contribution in [3.8, 4) is 0 Å². The van der Waals surface area contributed by atoms with Gasteiger partial charge in [0.05, 0.1) is 6.26 Å². The Hall–Kier alpha value is -2.28. The van der Waals surface area contributed by atoms with E-state index in [1.807, 2.05) is 23.8 Å². The van der Waals surface area contributed by atoms with Crippen LogP contribution in [0.1, 0.15) is 28.1 Å². The van der Waals surface area contributed by atoms with Crippen LogP contribution < -0.4 is 16.0 Å². The molecule has 2 aromatic rings. The van der Waals surface area contributed by atoms with Crippen LogP contribution >= 0.6 is 11.3 Å². The number of furan rings is 1. The maximum absolute atomic E-state index is 11.8. The lowest BCUT2D eigenvalue weighted by Crippen LogP contribution is -2.36. The molecule has 0 aromatic carbocycles. The number of carbonyl (C=O) groups is 2. The third-order valence-corrected chi connectivity index (χ3v) is 3.76. The summed E-state index contributed by atoms with van der Waals surface area (Å²) in [4.78, 5) is 23.3. The van der Waals surface area contributed by atoms with Gasteiger partial charge < -0.3 is 20.4 Å². The van der Waals surface area contributed by atoms with Crippen molar-refractivity contribution < 1.29 is 14.0 Å². The van der Waals surface area contributed by atoms with Crippen LogP contribution in [0.25, 0.3) is 0 Å². The molecule has 0 unspecified atom stereocenters. The van der Waals surface area contributed by atoms with Crippen molar-refractivity contribution in [2.45, 2.75) is 19.9 Å². The van der Waals surface area contributed by atoms with Crippen molar-refractivity contribution >= 4 is 23.3 Å². The highest BCUT2D eigenvalue weighted by Gasteiger charge is 2.11. The van der Waals surface area contributed by atoms with Crippen LogP contribution in [0, 0.1) is 6.92 Å². The molecule has 7 heteroatoms. The second kappa shape index (κ2) is 8.23. The van der Waals surface area contributed by atoms with Crippen molar-refractivity contribution in [1.82, 2.24) is 16.0 Å². The Balaban J connectivity index is 1.54. The Morgan fingerprint density at radius 1 is 1.18 bits per heavy atom. The van der Waals surface area contributed by atoms with E-state index in [0.717, 1.165) is 11.1 Å². The normalized spacial score (nSPS) is 10.2. The molecule has 118 valence electrons. The Labute approximate surface area is 132 Å². The lowest BCUT2D eigenvalue weighted by atomic mass is 10.2. The molecule has 0 radical (unpaired) electrons. The van der Waals surface area contributed by atoms with Gasteiger partial charge in [0.1, 0.15) is 0 Å². The summed E-state index contributed by atoms with van der Waals surface area (Å²) in [5.41, 5.74) is 1.89. The van der Waals surface area contributed by atoms with E-state index in [-0.39, 0.29) is 11.9 Å². The lowest BCUT2D eigenvalue weighted by Gasteiger charge is -2.07. The summed E-state index contributed by atoms with van der Waals surface area (Å²) >= 11 is 1.60. The number of nitrogens with one attached hydrogen (secondary N) is 3. The molecule has 0 aliphatic rings. The van der Waals surface area contributed by atoms with Gasteiger partial charge in [-0.1, -0.05) is 0 Å². The lowest BCUT2D eigenvalue weighted by molar-refractivity contribution is 0.0925. The molecule has 0 atom stereocenters. The largest absolute Gasteiger partial charge is 0.459 e. The van der Waals surface area contributed by atoms with Crippen molar-refractivity contribution in [2.75, 3.05) is 13.1 Å². The number of hydrogen-bond donors (Lipinski definition) is 3. The van der Waals surface area contributed by atoms with E-state index in [4.69, 9.17) is 4.42 Å². The predicted molar refractivity (Wildman–Crippen MR) is 85.0 cm³/mol. The van der Waals surface area contributed by atoms with Crippen LogP contribution in [0.5, 0.6) is 0 Å². The molecule has 2 aromatic heterocycles. The Morgan fingerprint density at radius 2 is 2.00 bits per heavy atom. The van der Waals surface area contributed by atoms with Crippen molar-refractivity contribution in [3.63, 3.8) is 0 Å². The highest BCUT2D eigenvalue weighted by Crippen LogP contribution is 2.07. The van der Waals surface area contributed by atoms with E-state index in [0.29, 0.717) is 31.8 Å². The highest BCUT2D eigenvalue weighted by molar-refractivity contribution is 7.07. The molecule has 0 bridgehead atoms. The molecule has 2 rings (SSSR count). The third-order valence-electron chi connectivity index (χ3n) is 3.03. The summed E-state index contributed by atoms with van der Waals surface area (Å²) in [7, 11) is 0. The molecule has 6 nitrogen and oxygen atoms in total. The zero-order valence-corrected chi connectivity index (χ0v) is 13.2. The van der Waals surface area contributed by atoms with E-state index >= 15 is 0 Å². The summed E-state index contributed by atoms with van der Waals surface area (Å²) < 4.78 is 5.10. The van der Waals surface area contributed by atoms with Gasteiger partial charge in [-0.3, -0.25) is 4.79 Å². The molecule has 0 aliphatic carbocycles. The number of aryl methyl sites for hydroxylation is 1. The van der Waals surface area contributed by atoms with Crippen LogP contribution in [0.2, 0.25) is 0 Å². The zero-order chi connectivity index (χ0) is 15.8. The number of amides is 3. The first-order valence-corrected chi connectivity index (χ1v) is 7.96. The van der Waals surface area contributed by atoms with Gasteiger partial charge in [-0.15, -0.1) is 0 Å². The molecule has 0 fully saturated rings. The minimum absolute atomic E-state index is 0.209. The van der Waals surface area contributed by atoms with E-state index in [1.54, 1.807) is 17.4 Å². The molecule has 22 heavy (non-hydrogen) atoms. The van der Waals surface area contributed by atoms with E-state index in [9.17, 15) is 9.59 Å². The van der Waals surface area contributed by atoms with E-state index in [1.165, 1.54) is 6.26 Å². The molecular weight excluding hydrogens is 302 g/mol. The van der Waals surface area contributed by atoms with E-state index < -0.39 is 0 Å². The molecule has 2 heterocycles. The van der Waals surface area contributed by atoms with Crippen molar-refractivity contribution in [1.29, 1.82) is 0 Å². The fraction of sp³-hybridized carbons (Fsp3) is 0.333. The van der Waals surface area contributed by atoms with Gasteiger partial charge in [0.15, 0.2) is 5.76 Å². The summed E-state index contributed by atoms with van der Waals surface area (Å²) in [5.74, 6) is 0.103. The number of urea groups is 1. The van der Waals surface area contributed by atoms with E-state index in [2.05, 4.69) is 16.0 Å². The SMILES string of the molecule is Cc1ccoc1C(=O)NCCCNC(=O)NCc1ccsc1. The molecular formula is C15H19N3O3S. The topological polar surface area (TPSA) is 83.4 Å². The smallest absolute Gasteiger partial charge is 0.315 e. The zero-order valence-electron chi connectivity index (χ0n) is 12.3. The first kappa shape index (κ1) is 16.1. The van der Waals surface area contributed by atoms with Crippen LogP contribution in [0.15, 0.2) is 33.6 Å². The van der Waals surface area contributed by atoms with Gasteiger partial charge in [-0.25, -0.2) is 4.79 Å². The third kappa shape index (κ3) is 4.92. The number of thiophene rings is 1. The first-order valence-electron chi connectivity index (χ1n) is 7.02. The minimum atomic E-state index is -0.232. The average Bonchev–Trinajstić information content (AvgIpc) is 3.15.